The van der Waals surface area contributed by atoms with Crippen molar-refractivity contribution >= 4 is 46.6 Å². The van der Waals surface area contributed by atoms with Crippen molar-refractivity contribution in [3.8, 4) is 5.75 Å². The van der Waals surface area contributed by atoms with Gasteiger partial charge >= 0.3 is 0 Å². The Kier molecular flexibility index (Phi) is 8.23. The molecule has 0 aliphatic carbocycles. The van der Waals surface area contributed by atoms with Gasteiger partial charge < -0.3 is 14.6 Å². The van der Waals surface area contributed by atoms with E-state index in [0.717, 1.165) is 12.1 Å². The van der Waals surface area contributed by atoms with Crippen LogP contribution in [-0.4, -0.2) is 26.4 Å². The van der Waals surface area contributed by atoms with Gasteiger partial charge in [0.25, 0.3) is 0 Å². The summed E-state index contributed by atoms with van der Waals surface area (Å²) in [6.07, 6.45) is 0.581. The number of rotatable bonds is 9. The molecule has 1 atom stereocenters. The topological polar surface area (TPSA) is 69.0 Å². The van der Waals surface area contributed by atoms with E-state index in [1.165, 1.54) is 17.3 Å². The number of aryl methyl sites for hydroxylation is 1. The second-order valence-electron chi connectivity index (χ2n) is 6.81. The van der Waals surface area contributed by atoms with E-state index in [1.54, 1.807) is 18.2 Å². The normalized spacial score (nSPS) is 11.9. The number of nitrogens with one attached hydrogen (secondary N) is 1. The Morgan fingerprint density at radius 2 is 1.90 bits per heavy atom. The Morgan fingerprint density at radius 3 is 2.55 bits per heavy atom. The van der Waals surface area contributed by atoms with Crippen LogP contribution in [0.15, 0.2) is 47.6 Å². The number of hydrogen-bond acceptors (Lipinski definition) is 5. The summed E-state index contributed by atoms with van der Waals surface area (Å²) in [5.74, 6) is 1.31. The number of hydrogen-bond donors (Lipinski definition) is 1. The molecule has 3 aromatic rings. The lowest BCUT2D eigenvalue weighted by atomic mass is 10.1. The molecule has 0 saturated heterocycles. The molecule has 1 heterocycles. The van der Waals surface area contributed by atoms with Crippen LogP contribution in [0.3, 0.4) is 0 Å². The molecule has 1 amide bonds. The van der Waals surface area contributed by atoms with Gasteiger partial charge in [-0.1, -0.05) is 54.0 Å². The first-order valence-electron chi connectivity index (χ1n) is 9.97. The van der Waals surface area contributed by atoms with Crippen molar-refractivity contribution in [2.24, 2.45) is 0 Å². The highest BCUT2D eigenvalue weighted by Crippen LogP contribution is 2.31. The third kappa shape index (κ3) is 6.15. The zero-order valence-electron chi connectivity index (χ0n) is 17.6. The van der Waals surface area contributed by atoms with E-state index >= 15 is 0 Å². The first-order chi connectivity index (χ1) is 14.9. The highest BCUT2D eigenvalue weighted by atomic mass is 35.5. The molecular formula is C22H24Cl2N4O2S. The quantitative estimate of drug-likeness (QED) is 0.379. The van der Waals surface area contributed by atoms with Crippen LogP contribution >= 0.6 is 35.0 Å². The average molecular weight is 479 g/mol. The van der Waals surface area contributed by atoms with Gasteiger partial charge in [-0.3, -0.25) is 4.79 Å². The molecule has 6 nitrogen and oxygen atoms in total. The molecular weight excluding hydrogens is 455 g/mol. The van der Waals surface area contributed by atoms with Crippen molar-refractivity contribution in [1.29, 1.82) is 0 Å². The van der Waals surface area contributed by atoms with Gasteiger partial charge in [0.2, 0.25) is 5.91 Å². The molecule has 0 bridgehead atoms. The maximum atomic E-state index is 12.3. The van der Waals surface area contributed by atoms with Gasteiger partial charge in [0.05, 0.1) is 10.8 Å². The summed E-state index contributed by atoms with van der Waals surface area (Å²) in [6, 6.07) is 12.9. The maximum absolute atomic E-state index is 12.3. The first-order valence-corrected chi connectivity index (χ1v) is 11.7. The van der Waals surface area contributed by atoms with E-state index < -0.39 is 0 Å². The molecule has 0 saturated carbocycles. The van der Waals surface area contributed by atoms with Crippen LogP contribution < -0.4 is 10.1 Å². The lowest BCUT2D eigenvalue weighted by molar-refractivity contribution is -0.113. The summed E-state index contributed by atoms with van der Waals surface area (Å²) in [7, 11) is 0. The Hall–Kier alpha value is -2.22. The number of halogens is 2. The molecule has 2 aromatic carbocycles. The van der Waals surface area contributed by atoms with Crippen LogP contribution in [0.25, 0.3) is 0 Å². The van der Waals surface area contributed by atoms with Crippen LogP contribution in [0.4, 0.5) is 5.69 Å². The van der Waals surface area contributed by atoms with Crippen molar-refractivity contribution in [2.75, 3.05) is 11.1 Å². The van der Waals surface area contributed by atoms with Gasteiger partial charge in [0.1, 0.15) is 5.75 Å². The van der Waals surface area contributed by atoms with Gasteiger partial charge in [0, 0.05) is 17.3 Å². The molecule has 0 aliphatic heterocycles. The summed E-state index contributed by atoms with van der Waals surface area (Å²) in [6.45, 7) is 6.61. The molecule has 164 valence electrons. The fraction of sp³-hybridized carbons (Fsp3) is 0.318. The number of aromatic nitrogens is 3. The third-order valence-corrected chi connectivity index (χ3v) is 6.10. The number of ether oxygens (including phenoxy) is 1. The fourth-order valence-corrected chi connectivity index (χ4v) is 4.23. The fourth-order valence-electron chi connectivity index (χ4n) is 2.97. The first kappa shape index (κ1) is 23.4. The molecule has 0 spiro atoms. The lowest BCUT2D eigenvalue weighted by Crippen LogP contribution is -2.15. The molecule has 1 unspecified atom stereocenters. The summed E-state index contributed by atoms with van der Waals surface area (Å²) < 4.78 is 7.90. The number of thioether (sulfide) groups is 1. The van der Waals surface area contributed by atoms with E-state index in [-0.39, 0.29) is 17.8 Å². The van der Waals surface area contributed by atoms with Crippen LogP contribution in [0.1, 0.15) is 38.3 Å². The molecule has 1 N–H and O–H groups in total. The third-order valence-electron chi connectivity index (χ3n) is 4.60. The van der Waals surface area contributed by atoms with Crippen molar-refractivity contribution in [3.63, 3.8) is 0 Å². The summed E-state index contributed by atoms with van der Waals surface area (Å²) in [5.41, 5.74) is 2.01. The van der Waals surface area contributed by atoms with E-state index in [4.69, 9.17) is 27.9 Å². The number of carbonyl (C=O) groups is 1. The lowest BCUT2D eigenvalue weighted by Gasteiger charge is -2.16. The molecule has 9 heteroatoms. The maximum Gasteiger partial charge on any atom is 0.234 e. The van der Waals surface area contributed by atoms with Crippen molar-refractivity contribution < 1.29 is 9.53 Å². The van der Waals surface area contributed by atoms with Gasteiger partial charge in [-0.2, -0.15) is 0 Å². The van der Waals surface area contributed by atoms with Crippen LogP contribution in [-0.2, 0) is 17.8 Å². The minimum absolute atomic E-state index is 0.0984. The Labute approximate surface area is 196 Å². The number of benzene rings is 2. The number of nitrogens with zero attached hydrogens (tertiary/aromatic N) is 3. The molecule has 3 rings (SSSR count). The molecule has 31 heavy (non-hydrogen) atoms. The number of carbonyl (C=O) groups excluding carboxylic acids is 1. The second-order valence-corrected chi connectivity index (χ2v) is 8.59. The molecule has 0 fully saturated rings. The van der Waals surface area contributed by atoms with Crippen molar-refractivity contribution in [3.05, 3.63) is 63.9 Å². The smallest absolute Gasteiger partial charge is 0.234 e. The van der Waals surface area contributed by atoms with Gasteiger partial charge in [0.15, 0.2) is 17.1 Å². The predicted octanol–water partition coefficient (Wildman–Crippen LogP) is 6.04. The molecule has 0 radical (unpaired) electrons. The van der Waals surface area contributed by atoms with Crippen LogP contribution in [0.2, 0.25) is 10.0 Å². The Bertz CT molecular complexity index is 1040. The summed E-state index contributed by atoms with van der Waals surface area (Å²) in [5, 5.41) is 13.1. The zero-order valence-corrected chi connectivity index (χ0v) is 19.9. The minimum Gasteiger partial charge on any atom is -0.481 e. The Morgan fingerprint density at radius 1 is 1.16 bits per heavy atom. The monoisotopic (exact) mass is 478 g/mol. The van der Waals surface area contributed by atoms with Gasteiger partial charge in [-0.15, -0.1) is 10.2 Å². The van der Waals surface area contributed by atoms with Crippen LogP contribution in [0.5, 0.6) is 5.75 Å². The van der Waals surface area contributed by atoms with Crippen LogP contribution in [0, 0.1) is 0 Å². The number of anilines is 1. The largest absolute Gasteiger partial charge is 0.481 e. The zero-order chi connectivity index (χ0) is 22.4. The van der Waals surface area contributed by atoms with E-state index in [2.05, 4.69) is 22.4 Å². The minimum atomic E-state index is -0.383. The van der Waals surface area contributed by atoms with E-state index in [0.29, 0.717) is 33.3 Å². The molecule has 0 aliphatic rings. The predicted molar refractivity (Wildman–Crippen MR) is 126 cm³/mol. The van der Waals surface area contributed by atoms with Crippen molar-refractivity contribution in [1.82, 2.24) is 14.8 Å². The average Bonchev–Trinajstić information content (AvgIpc) is 3.18. The SMILES string of the molecule is CCc1ccc(NC(=O)CSc2nnc(C(C)Oc3ccc(Cl)cc3Cl)n2CC)cc1. The van der Waals surface area contributed by atoms with Gasteiger partial charge in [-0.25, -0.2) is 0 Å². The highest BCUT2D eigenvalue weighted by molar-refractivity contribution is 7.99. The van der Waals surface area contributed by atoms with Crippen molar-refractivity contribution in [2.45, 2.75) is 45.0 Å². The van der Waals surface area contributed by atoms with E-state index in [9.17, 15) is 4.79 Å². The summed E-state index contributed by atoms with van der Waals surface area (Å²) >= 11 is 13.5. The van der Waals surface area contributed by atoms with E-state index in [1.807, 2.05) is 42.7 Å². The Balaban J connectivity index is 1.62. The standard InChI is InChI=1S/C22H24Cl2N4O2S/c1-4-15-6-9-17(10-7-15)25-20(29)13-31-22-27-26-21(28(22)5-2)14(3)30-19-11-8-16(23)12-18(19)24/h6-12,14H,4-5,13H2,1-3H3,(H,25,29). The van der Waals surface area contributed by atoms with Gasteiger partial charge in [-0.05, 0) is 56.2 Å². The number of amides is 1. The summed E-state index contributed by atoms with van der Waals surface area (Å²) in [4.78, 5) is 12.3. The molecule has 1 aromatic heterocycles. The second kappa shape index (κ2) is 10.9. The highest BCUT2D eigenvalue weighted by Gasteiger charge is 2.20.